The van der Waals surface area contributed by atoms with Crippen molar-refractivity contribution in [3.8, 4) is 5.75 Å². The molecule has 0 atom stereocenters. The Kier molecular flexibility index (Phi) is 4.95. The van der Waals surface area contributed by atoms with E-state index in [1.165, 1.54) is 11.1 Å². The first-order chi connectivity index (χ1) is 9.51. The molecule has 4 heteroatoms. The van der Waals surface area contributed by atoms with E-state index in [4.69, 9.17) is 16.3 Å². The Morgan fingerprint density at radius 3 is 2.55 bits per heavy atom. The first kappa shape index (κ1) is 15.2. The van der Waals surface area contributed by atoms with Crippen LogP contribution < -0.4 is 10.1 Å². The van der Waals surface area contributed by atoms with E-state index in [1.54, 1.807) is 7.11 Å². The molecule has 0 radical (unpaired) electrons. The standard InChI is InChI=1S/C16H17BrClNO/c1-10-6-11(2)16(13(17)7-10)19-9-12-4-5-15(20-3)14(18)8-12/h4-8,19H,9H2,1-3H3. The number of rotatable bonds is 4. The van der Waals surface area contributed by atoms with Crippen LogP contribution >= 0.6 is 27.5 Å². The van der Waals surface area contributed by atoms with Crippen LogP contribution in [0, 0.1) is 13.8 Å². The van der Waals surface area contributed by atoms with Gasteiger partial charge in [-0.3, -0.25) is 0 Å². The number of anilines is 1. The SMILES string of the molecule is COc1ccc(CNc2c(C)cc(C)cc2Br)cc1Cl. The lowest BCUT2D eigenvalue weighted by Crippen LogP contribution is -2.02. The predicted octanol–water partition coefficient (Wildman–Crippen LogP) is 5.34. The molecule has 0 aliphatic heterocycles. The number of hydrogen-bond donors (Lipinski definition) is 1. The van der Waals surface area contributed by atoms with Crippen LogP contribution in [0.5, 0.6) is 5.75 Å². The number of methoxy groups -OCH3 is 1. The highest BCUT2D eigenvalue weighted by molar-refractivity contribution is 9.10. The fourth-order valence-electron chi connectivity index (χ4n) is 2.15. The first-order valence-corrected chi connectivity index (χ1v) is 7.51. The number of halogens is 2. The van der Waals surface area contributed by atoms with Crippen LogP contribution in [0.25, 0.3) is 0 Å². The Labute approximate surface area is 133 Å². The average Bonchev–Trinajstić information content (AvgIpc) is 2.37. The first-order valence-electron chi connectivity index (χ1n) is 6.34. The predicted molar refractivity (Wildman–Crippen MR) is 88.9 cm³/mol. The molecule has 106 valence electrons. The van der Waals surface area contributed by atoms with Crippen LogP contribution in [0.4, 0.5) is 5.69 Å². The zero-order chi connectivity index (χ0) is 14.7. The second-order valence-electron chi connectivity index (χ2n) is 4.76. The van der Waals surface area contributed by atoms with Crippen LogP contribution in [0.3, 0.4) is 0 Å². The normalized spacial score (nSPS) is 10.4. The molecule has 2 rings (SSSR count). The maximum absolute atomic E-state index is 6.13. The van der Waals surface area contributed by atoms with Crippen LogP contribution in [-0.2, 0) is 6.54 Å². The zero-order valence-corrected chi connectivity index (χ0v) is 14.1. The highest BCUT2D eigenvalue weighted by Gasteiger charge is 2.06. The van der Waals surface area contributed by atoms with E-state index in [-0.39, 0.29) is 0 Å². The monoisotopic (exact) mass is 353 g/mol. The van der Waals surface area contributed by atoms with Gasteiger partial charge >= 0.3 is 0 Å². The molecule has 0 unspecified atom stereocenters. The molecule has 0 aromatic heterocycles. The summed E-state index contributed by atoms with van der Waals surface area (Å²) in [4.78, 5) is 0. The van der Waals surface area contributed by atoms with Crippen molar-refractivity contribution >= 4 is 33.2 Å². The van der Waals surface area contributed by atoms with E-state index in [0.29, 0.717) is 17.3 Å². The minimum atomic E-state index is 0.631. The maximum Gasteiger partial charge on any atom is 0.137 e. The number of benzene rings is 2. The molecule has 0 fully saturated rings. The van der Waals surface area contributed by atoms with Gasteiger partial charge in [0.2, 0.25) is 0 Å². The lowest BCUT2D eigenvalue weighted by atomic mass is 10.1. The van der Waals surface area contributed by atoms with E-state index >= 15 is 0 Å². The molecule has 2 aromatic rings. The van der Waals surface area contributed by atoms with Crippen molar-refractivity contribution in [2.75, 3.05) is 12.4 Å². The lowest BCUT2D eigenvalue weighted by molar-refractivity contribution is 0.415. The molecule has 0 aliphatic carbocycles. The third kappa shape index (κ3) is 3.47. The van der Waals surface area contributed by atoms with Gasteiger partial charge in [0.05, 0.1) is 17.8 Å². The Balaban J connectivity index is 2.15. The number of ether oxygens (including phenoxy) is 1. The van der Waals surface area contributed by atoms with Gasteiger partial charge in [-0.15, -0.1) is 0 Å². The van der Waals surface area contributed by atoms with Gasteiger partial charge < -0.3 is 10.1 Å². The van der Waals surface area contributed by atoms with Gasteiger partial charge in [-0.05, 0) is 64.7 Å². The minimum absolute atomic E-state index is 0.631. The van der Waals surface area contributed by atoms with Crippen molar-refractivity contribution in [1.82, 2.24) is 0 Å². The number of aryl methyl sites for hydroxylation is 2. The smallest absolute Gasteiger partial charge is 0.137 e. The van der Waals surface area contributed by atoms with Crippen molar-refractivity contribution in [3.05, 3.63) is 56.5 Å². The molecule has 0 bridgehead atoms. The van der Waals surface area contributed by atoms with Gasteiger partial charge in [0.25, 0.3) is 0 Å². The fourth-order valence-corrected chi connectivity index (χ4v) is 3.24. The van der Waals surface area contributed by atoms with Gasteiger partial charge in [0.15, 0.2) is 0 Å². The Morgan fingerprint density at radius 2 is 1.95 bits per heavy atom. The van der Waals surface area contributed by atoms with Gasteiger partial charge in [0, 0.05) is 11.0 Å². The molecule has 1 N–H and O–H groups in total. The van der Waals surface area contributed by atoms with Crippen LogP contribution in [0.2, 0.25) is 5.02 Å². The summed E-state index contributed by atoms with van der Waals surface area (Å²) in [5.74, 6) is 0.697. The molecule has 2 aromatic carbocycles. The van der Waals surface area contributed by atoms with Crippen molar-refractivity contribution in [1.29, 1.82) is 0 Å². The molecule has 0 spiro atoms. The molecule has 20 heavy (non-hydrogen) atoms. The number of nitrogens with one attached hydrogen (secondary N) is 1. The van der Waals surface area contributed by atoms with Gasteiger partial charge in [0.1, 0.15) is 5.75 Å². The summed E-state index contributed by atoms with van der Waals surface area (Å²) in [7, 11) is 1.62. The Hall–Kier alpha value is -1.19. The third-order valence-corrected chi connectivity index (χ3v) is 4.04. The third-order valence-electron chi connectivity index (χ3n) is 3.12. The summed E-state index contributed by atoms with van der Waals surface area (Å²) in [5.41, 5.74) is 4.69. The Morgan fingerprint density at radius 1 is 1.20 bits per heavy atom. The second-order valence-corrected chi connectivity index (χ2v) is 6.02. The minimum Gasteiger partial charge on any atom is -0.495 e. The van der Waals surface area contributed by atoms with Crippen LogP contribution in [0.15, 0.2) is 34.8 Å². The summed E-state index contributed by atoms with van der Waals surface area (Å²) in [5, 5.41) is 4.07. The van der Waals surface area contributed by atoms with Crippen molar-refractivity contribution in [2.45, 2.75) is 20.4 Å². The van der Waals surface area contributed by atoms with Gasteiger partial charge in [-0.2, -0.15) is 0 Å². The summed E-state index contributed by atoms with van der Waals surface area (Å²) in [6, 6.07) is 10.1. The van der Waals surface area contributed by atoms with E-state index in [0.717, 1.165) is 15.7 Å². The lowest BCUT2D eigenvalue weighted by Gasteiger charge is -2.13. The summed E-state index contributed by atoms with van der Waals surface area (Å²) < 4.78 is 6.23. The molecular weight excluding hydrogens is 338 g/mol. The average molecular weight is 355 g/mol. The van der Waals surface area contributed by atoms with Gasteiger partial charge in [-0.1, -0.05) is 23.7 Å². The highest BCUT2D eigenvalue weighted by atomic mass is 79.9. The molecule has 2 nitrogen and oxygen atoms in total. The van der Waals surface area contributed by atoms with Crippen LogP contribution in [0.1, 0.15) is 16.7 Å². The molecule has 0 saturated heterocycles. The molecule has 0 saturated carbocycles. The second kappa shape index (κ2) is 6.51. The number of hydrogen-bond acceptors (Lipinski definition) is 2. The van der Waals surface area contributed by atoms with E-state index in [2.05, 4.69) is 47.2 Å². The van der Waals surface area contributed by atoms with E-state index in [1.807, 2.05) is 18.2 Å². The van der Waals surface area contributed by atoms with Crippen molar-refractivity contribution in [3.63, 3.8) is 0 Å². The molecular formula is C16H17BrClNO. The summed E-state index contributed by atoms with van der Waals surface area (Å²) >= 11 is 9.73. The zero-order valence-electron chi connectivity index (χ0n) is 11.8. The maximum atomic E-state index is 6.13. The summed E-state index contributed by atoms with van der Waals surface area (Å²) in [6.45, 7) is 4.90. The van der Waals surface area contributed by atoms with Gasteiger partial charge in [-0.25, -0.2) is 0 Å². The fraction of sp³-hybridized carbons (Fsp3) is 0.250. The quantitative estimate of drug-likeness (QED) is 0.800. The highest BCUT2D eigenvalue weighted by Crippen LogP contribution is 2.29. The topological polar surface area (TPSA) is 21.3 Å². The molecule has 0 amide bonds. The van der Waals surface area contributed by atoms with E-state index in [9.17, 15) is 0 Å². The Bertz CT molecular complexity index is 605. The largest absolute Gasteiger partial charge is 0.495 e. The van der Waals surface area contributed by atoms with E-state index < -0.39 is 0 Å². The molecule has 0 aliphatic rings. The summed E-state index contributed by atoms with van der Waals surface area (Å²) in [6.07, 6.45) is 0. The van der Waals surface area contributed by atoms with Crippen molar-refractivity contribution in [2.24, 2.45) is 0 Å². The van der Waals surface area contributed by atoms with Crippen molar-refractivity contribution < 1.29 is 4.74 Å². The van der Waals surface area contributed by atoms with Crippen LogP contribution in [-0.4, -0.2) is 7.11 Å². The molecule has 0 heterocycles.